The third kappa shape index (κ3) is 11.3. The number of alkyl carbamates (subject to hydrolysis) is 1. The number of rotatable bonds is 12. The normalized spacial score (nSPS) is 13.3. The quantitative estimate of drug-likeness (QED) is 0.276. The molecule has 9 heteroatoms. The maximum Gasteiger partial charge on any atom is 0.407 e. The smallest absolute Gasteiger partial charge is 0.407 e. The molecular formula is C25H43BrN2O5Si. The van der Waals surface area contributed by atoms with Crippen LogP contribution >= 0.6 is 15.9 Å². The molecule has 7 nitrogen and oxygen atoms in total. The summed E-state index contributed by atoms with van der Waals surface area (Å²) in [5.74, 6) is -0.0851. The van der Waals surface area contributed by atoms with Crippen molar-refractivity contribution in [2.75, 3.05) is 31.6 Å². The molecule has 0 heterocycles. The van der Waals surface area contributed by atoms with Gasteiger partial charge in [-0.3, -0.25) is 4.79 Å². The standard InChI is InChI=1S/C25H43BrN2O5Si/c1-24(2,3)33-23(30)27-14-15-28(22(29)16-26)21(19-32-34(7,8)25(4,5)6)18-31-17-20-12-10-9-11-13-20/h9-13,21H,14-19H2,1-8H3,(H,27,30)/t21-/m0/s1. The maximum absolute atomic E-state index is 12.8. The number of hydrogen-bond acceptors (Lipinski definition) is 5. The van der Waals surface area contributed by atoms with Gasteiger partial charge in [-0.05, 0) is 44.5 Å². The predicted octanol–water partition coefficient (Wildman–Crippen LogP) is 5.34. The van der Waals surface area contributed by atoms with Crippen LogP contribution in [-0.4, -0.2) is 68.5 Å². The first kappa shape index (κ1) is 30.6. The summed E-state index contributed by atoms with van der Waals surface area (Å²) < 4.78 is 17.8. The summed E-state index contributed by atoms with van der Waals surface area (Å²) in [7, 11) is -2.03. The molecule has 0 spiro atoms. The van der Waals surface area contributed by atoms with Crippen LogP contribution in [0.5, 0.6) is 0 Å². The number of nitrogens with zero attached hydrogens (tertiary/aromatic N) is 1. The minimum Gasteiger partial charge on any atom is -0.444 e. The molecule has 0 saturated heterocycles. The summed E-state index contributed by atoms with van der Waals surface area (Å²) in [4.78, 5) is 26.6. The molecule has 0 aliphatic carbocycles. The van der Waals surface area contributed by atoms with Gasteiger partial charge in [0.15, 0.2) is 8.32 Å². The second kappa shape index (κ2) is 13.6. The summed E-state index contributed by atoms with van der Waals surface area (Å²) in [5.41, 5.74) is 0.483. The van der Waals surface area contributed by atoms with Crippen molar-refractivity contribution in [1.29, 1.82) is 0 Å². The highest BCUT2D eigenvalue weighted by Gasteiger charge is 2.38. The van der Waals surface area contributed by atoms with E-state index in [1.54, 1.807) is 4.90 Å². The van der Waals surface area contributed by atoms with Crippen LogP contribution in [-0.2, 0) is 25.3 Å². The molecule has 0 aliphatic rings. The molecule has 0 radical (unpaired) electrons. The zero-order valence-electron chi connectivity index (χ0n) is 22.1. The van der Waals surface area contributed by atoms with E-state index in [0.717, 1.165) is 5.56 Å². The van der Waals surface area contributed by atoms with Crippen molar-refractivity contribution >= 4 is 36.2 Å². The number of nitrogens with one attached hydrogen (secondary N) is 1. The van der Waals surface area contributed by atoms with Crippen molar-refractivity contribution in [3.05, 3.63) is 35.9 Å². The Morgan fingerprint density at radius 3 is 2.21 bits per heavy atom. The minimum absolute atomic E-state index is 0.0466. The number of amides is 2. The lowest BCUT2D eigenvalue weighted by atomic mass is 10.2. The van der Waals surface area contributed by atoms with E-state index in [2.05, 4.69) is 55.1 Å². The monoisotopic (exact) mass is 558 g/mol. The lowest BCUT2D eigenvalue weighted by Gasteiger charge is -2.39. The number of benzene rings is 1. The molecular weight excluding hydrogens is 516 g/mol. The molecule has 0 aliphatic heterocycles. The summed E-state index contributed by atoms with van der Waals surface area (Å²) in [6.07, 6.45) is -0.506. The van der Waals surface area contributed by atoms with Gasteiger partial charge in [0.1, 0.15) is 5.60 Å². The van der Waals surface area contributed by atoms with Crippen LogP contribution in [0.1, 0.15) is 47.1 Å². The number of ether oxygens (including phenoxy) is 2. The molecule has 1 N–H and O–H groups in total. The van der Waals surface area contributed by atoms with Crippen molar-refractivity contribution in [3.63, 3.8) is 0 Å². The van der Waals surface area contributed by atoms with Gasteiger partial charge in [0.25, 0.3) is 0 Å². The van der Waals surface area contributed by atoms with Gasteiger partial charge in [0.05, 0.1) is 31.2 Å². The van der Waals surface area contributed by atoms with Crippen molar-refractivity contribution in [2.45, 2.75) is 77.9 Å². The van der Waals surface area contributed by atoms with Crippen LogP contribution in [0, 0.1) is 0 Å². The van der Waals surface area contributed by atoms with Gasteiger partial charge in [-0.15, -0.1) is 0 Å². The fourth-order valence-electron chi connectivity index (χ4n) is 2.82. The molecule has 0 fully saturated rings. The third-order valence-corrected chi connectivity index (χ3v) is 10.7. The Hall–Kier alpha value is -1.42. The average Bonchev–Trinajstić information content (AvgIpc) is 2.72. The molecule has 1 aromatic rings. The van der Waals surface area contributed by atoms with Crippen molar-refractivity contribution in [3.8, 4) is 0 Å². The molecule has 0 bridgehead atoms. The molecule has 0 aromatic heterocycles. The SMILES string of the molecule is CC(C)(C)OC(=O)NCCN(C(=O)CBr)[C@@H](COCc1ccccc1)CO[Si](C)(C)C(C)(C)C. The lowest BCUT2D eigenvalue weighted by Crippen LogP contribution is -2.52. The first-order chi connectivity index (χ1) is 15.7. The Kier molecular flexibility index (Phi) is 12.3. The van der Waals surface area contributed by atoms with E-state index in [1.807, 2.05) is 51.1 Å². The minimum atomic E-state index is -2.03. The Morgan fingerprint density at radius 1 is 1.06 bits per heavy atom. The maximum atomic E-state index is 12.8. The highest BCUT2D eigenvalue weighted by atomic mass is 79.9. The van der Waals surface area contributed by atoms with E-state index in [1.165, 1.54) is 0 Å². The first-order valence-corrected chi connectivity index (χ1v) is 15.8. The van der Waals surface area contributed by atoms with Gasteiger partial charge in [-0.2, -0.15) is 0 Å². The highest BCUT2D eigenvalue weighted by molar-refractivity contribution is 9.09. The van der Waals surface area contributed by atoms with Crippen LogP contribution < -0.4 is 5.32 Å². The molecule has 1 aromatic carbocycles. The zero-order chi connectivity index (χ0) is 26.0. The molecule has 194 valence electrons. The molecule has 34 heavy (non-hydrogen) atoms. The van der Waals surface area contributed by atoms with E-state index in [-0.39, 0.29) is 28.9 Å². The van der Waals surface area contributed by atoms with Crippen molar-refractivity contribution in [2.24, 2.45) is 0 Å². The molecule has 1 rings (SSSR count). The summed E-state index contributed by atoms with van der Waals surface area (Å²) in [6, 6.07) is 9.64. The van der Waals surface area contributed by atoms with Crippen molar-refractivity contribution in [1.82, 2.24) is 10.2 Å². The average molecular weight is 560 g/mol. The number of halogens is 1. The van der Waals surface area contributed by atoms with Gasteiger partial charge in [-0.25, -0.2) is 4.79 Å². The number of carbonyl (C=O) groups is 2. The van der Waals surface area contributed by atoms with Gasteiger partial charge in [-0.1, -0.05) is 67.0 Å². The van der Waals surface area contributed by atoms with E-state index in [4.69, 9.17) is 13.9 Å². The number of alkyl halides is 1. The van der Waals surface area contributed by atoms with Gasteiger partial charge < -0.3 is 24.1 Å². The van der Waals surface area contributed by atoms with E-state index in [0.29, 0.717) is 26.4 Å². The Balaban J connectivity index is 2.91. The fourth-order valence-corrected chi connectivity index (χ4v) is 4.18. The van der Waals surface area contributed by atoms with Gasteiger partial charge in [0.2, 0.25) is 5.91 Å². The lowest BCUT2D eigenvalue weighted by molar-refractivity contribution is -0.133. The van der Waals surface area contributed by atoms with E-state index < -0.39 is 20.0 Å². The topological polar surface area (TPSA) is 77.1 Å². The predicted molar refractivity (Wildman–Crippen MR) is 143 cm³/mol. The summed E-state index contributed by atoms with van der Waals surface area (Å²) in [6.45, 7) is 18.1. The van der Waals surface area contributed by atoms with Gasteiger partial charge in [0, 0.05) is 13.1 Å². The van der Waals surface area contributed by atoms with Gasteiger partial charge >= 0.3 is 6.09 Å². The molecule has 2 amide bonds. The Bertz CT molecular complexity index is 763. The fraction of sp³-hybridized carbons (Fsp3) is 0.680. The summed E-state index contributed by atoms with van der Waals surface area (Å²) >= 11 is 3.30. The largest absolute Gasteiger partial charge is 0.444 e. The second-order valence-electron chi connectivity index (χ2n) is 10.9. The van der Waals surface area contributed by atoms with Crippen LogP contribution in [0.3, 0.4) is 0 Å². The zero-order valence-corrected chi connectivity index (χ0v) is 24.7. The van der Waals surface area contributed by atoms with Crippen molar-refractivity contribution < 1.29 is 23.5 Å². The molecule has 0 unspecified atom stereocenters. The Labute approximate surface area is 215 Å². The van der Waals surface area contributed by atoms with Crippen LogP contribution in [0.15, 0.2) is 30.3 Å². The molecule has 1 atom stereocenters. The van der Waals surface area contributed by atoms with Crippen LogP contribution in [0.2, 0.25) is 18.1 Å². The number of carbonyl (C=O) groups excluding carboxylic acids is 2. The number of hydrogen-bond donors (Lipinski definition) is 1. The van der Waals surface area contributed by atoms with Crippen LogP contribution in [0.25, 0.3) is 0 Å². The van der Waals surface area contributed by atoms with E-state index >= 15 is 0 Å². The Morgan fingerprint density at radius 2 is 1.68 bits per heavy atom. The summed E-state index contributed by atoms with van der Waals surface area (Å²) in [5, 5.41) is 2.96. The highest BCUT2D eigenvalue weighted by Crippen LogP contribution is 2.36. The molecule has 0 saturated carbocycles. The second-order valence-corrected chi connectivity index (χ2v) is 16.2. The van der Waals surface area contributed by atoms with E-state index in [9.17, 15) is 9.59 Å². The first-order valence-electron chi connectivity index (χ1n) is 11.7. The van der Waals surface area contributed by atoms with Crippen LogP contribution in [0.4, 0.5) is 4.79 Å². The third-order valence-electron chi connectivity index (χ3n) is 5.76.